The first-order valence-electron chi connectivity index (χ1n) is 9.68. The maximum absolute atomic E-state index is 6.39. The van der Waals surface area contributed by atoms with Gasteiger partial charge in [-0.1, -0.05) is 0 Å². The Morgan fingerprint density at radius 2 is 2.08 bits per heavy atom. The van der Waals surface area contributed by atoms with Crippen LogP contribution < -0.4 is 4.90 Å². The van der Waals surface area contributed by atoms with E-state index in [4.69, 9.17) is 9.47 Å². The minimum Gasteiger partial charge on any atom is -0.381 e. The van der Waals surface area contributed by atoms with Crippen LogP contribution in [-0.2, 0) is 9.47 Å². The Morgan fingerprint density at radius 1 is 1.28 bits per heavy atom. The standard InChI is InChI=1S/C19H30N4O2/c1-22(18-20-7-3-8-21-18)17-12-19(25-14-17)6-2-9-23(15-19)13-16-4-10-24-11-5-16/h3,7-8,16-17H,2,4-6,9-15H2,1H3. The van der Waals surface area contributed by atoms with Crippen LogP contribution in [0, 0.1) is 5.92 Å². The van der Waals surface area contributed by atoms with E-state index >= 15 is 0 Å². The zero-order valence-corrected chi connectivity index (χ0v) is 15.3. The lowest BCUT2D eigenvalue weighted by atomic mass is 9.87. The second-order valence-corrected chi connectivity index (χ2v) is 7.91. The number of aromatic nitrogens is 2. The lowest BCUT2D eigenvalue weighted by Crippen LogP contribution is -2.50. The van der Waals surface area contributed by atoms with E-state index in [0.29, 0.717) is 6.04 Å². The van der Waals surface area contributed by atoms with Gasteiger partial charge in [0.05, 0.1) is 18.2 Å². The van der Waals surface area contributed by atoms with Crippen LogP contribution in [0.3, 0.4) is 0 Å². The van der Waals surface area contributed by atoms with E-state index < -0.39 is 0 Å². The Labute approximate surface area is 150 Å². The van der Waals surface area contributed by atoms with E-state index in [2.05, 4.69) is 26.8 Å². The highest BCUT2D eigenvalue weighted by Gasteiger charge is 2.45. The molecule has 3 saturated heterocycles. The molecule has 0 N–H and O–H groups in total. The van der Waals surface area contributed by atoms with Gasteiger partial charge in [0.15, 0.2) is 0 Å². The molecule has 0 amide bonds. The van der Waals surface area contributed by atoms with Gasteiger partial charge in [-0.2, -0.15) is 0 Å². The molecule has 3 aliphatic rings. The van der Waals surface area contributed by atoms with Gasteiger partial charge >= 0.3 is 0 Å². The third-order valence-corrected chi connectivity index (χ3v) is 6.08. The number of ether oxygens (including phenoxy) is 2. The van der Waals surface area contributed by atoms with Crippen molar-refractivity contribution >= 4 is 5.95 Å². The Balaban J connectivity index is 1.35. The van der Waals surface area contributed by atoms with E-state index in [1.54, 1.807) is 12.4 Å². The van der Waals surface area contributed by atoms with Crippen LogP contribution in [0.1, 0.15) is 32.1 Å². The molecule has 4 rings (SSSR count). The van der Waals surface area contributed by atoms with Gasteiger partial charge in [-0.25, -0.2) is 9.97 Å². The second kappa shape index (κ2) is 7.56. The molecule has 0 bridgehead atoms. The lowest BCUT2D eigenvalue weighted by Gasteiger charge is -2.41. The van der Waals surface area contributed by atoms with Gasteiger partial charge in [-0.3, -0.25) is 0 Å². The van der Waals surface area contributed by atoms with Gasteiger partial charge in [0.2, 0.25) is 5.95 Å². The monoisotopic (exact) mass is 346 g/mol. The molecule has 2 atom stereocenters. The molecule has 0 radical (unpaired) electrons. The Kier molecular flexibility index (Phi) is 5.20. The Bertz CT molecular complexity index is 552. The van der Waals surface area contributed by atoms with Crippen molar-refractivity contribution in [2.45, 2.75) is 43.7 Å². The Morgan fingerprint density at radius 3 is 2.88 bits per heavy atom. The summed E-state index contributed by atoms with van der Waals surface area (Å²) in [6.45, 7) is 6.14. The van der Waals surface area contributed by atoms with E-state index in [1.165, 1.54) is 38.8 Å². The van der Waals surface area contributed by atoms with Gasteiger partial charge in [-0.15, -0.1) is 0 Å². The first-order valence-corrected chi connectivity index (χ1v) is 9.68. The van der Waals surface area contributed by atoms with Gasteiger partial charge in [0.25, 0.3) is 0 Å². The zero-order chi connectivity index (χ0) is 17.1. The molecule has 0 aliphatic carbocycles. The normalized spacial score (nSPS) is 31.5. The van der Waals surface area contributed by atoms with E-state index in [0.717, 1.165) is 44.7 Å². The maximum Gasteiger partial charge on any atom is 0.225 e. The predicted molar refractivity (Wildman–Crippen MR) is 96.7 cm³/mol. The molecule has 0 saturated carbocycles. The molecule has 1 aromatic heterocycles. The fraction of sp³-hybridized carbons (Fsp3) is 0.789. The van der Waals surface area contributed by atoms with Gasteiger partial charge < -0.3 is 19.3 Å². The van der Waals surface area contributed by atoms with Crippen molar-refractivity contribution in [3.05, 3.63) is 18.5 Å². The lowest BCUT2D eigenvalue weighted by molar-refractivity contribution is -0.0580. The van der Waals surface area contributed by atoms with E-state index in [-0.39, 0.29) is 5.60 Å². The van der Waals surface area contributed by atoms with E-state index in [1.807, 2.05) is 6.07 Å². The predicted octanol–water partition coefficient (Wildman–Crippen LogP) is 1.96. The fourth-order valence-electron chi connectivity index (χ4n) is 4.63. The van der Waals surface area contributed by atoms with Crippen LogP contribution in [0.5, 0.6) is 0 Å². The molecule has 4 heterocycles. The molecule has 6 heteroatoms. The van der Waals surface area contributed by atoms with Crippen LogP contribution in [0.15, 0.2) is 18.5 Å². The third kappa shape index (κ3) is 3.96. The number of piperidine rings is 1. The first-order chi connectivity index (χ1) is 12.2. The molecule has 25 heavy (non-hydrogen) atoms. The summed E-state index contributed by atoms with van der Waals surface area (Å²) in [4.78, 5) is 13.6. The zero-order valence-electron chi connectivity index (χ0n) is 15.3. The highest BCUT2D eigenvalue weighted by molar-refractivity contribution is 5.30. The molecule has 6 nitrogen and oxygen atoms in total. The molecule has 1 spiro atoms. The van der Waals surface area contributed by atoms with Crippen LogP contribution in [-0.4, -0.2) is 73.0 Å². The average molecular weight is 346 g/mol. The molecular weight excluding hydrogens is 316 g/mol. The molecule has 3 aliphatic heterocycles. The fourth-order valence-corrected chi connectivity index (χ4v) is 4.63. The van der Waals surface area contributed by atoms with Crippen LogP contribution >= 0.6 is 0 Å². The molecule has 2 unspecified atom stereocenters. The van der Waals surface area contributed by atoms with Crippen molar-refractivity contribution in [2.75, 3.05) is 51.4 Å². The summed E-state index contributed by atoms with van der Waals surface area (Å²) in [5, 5.41) is 0. The first kappa shape index (κ1) is 17.2. The summed E-state index contributed by atoms with van der Waals surface area (Å²) in [6.07, 6.45) is 9.52. The SMILES string of the molecule is CN(c1ncccn1)C1COC2(CCCN(CC3CCOCC3)C2)C1. The highest BCUT2D eigenvalue weighted by atomic mass is 16.5. The number of hydrogen-bond acceptors (Lipinski definition) is 6. The Hall–Kier alpha value is -1.24. The van der Waals surface area contributed by atoms with E-state index in [9.17, 15) is 0 Å². The van der Waals surface area contributed by atoms with Crippen LogP contribution in [0.25, 0.3) is 0 Å². The van der Waals surface area contributed by atoms with Crippen LogP contribution in [0.4, 0.5) is 5.95 Å². The quantitative estimate of drug-likeness (QED) is 0.831. The number of rotatable bonds is 4. The summed E-state index contributed by atoms with van der Waals surface area (Å²) >= 11 is 0. The number of hydrogen-bond donors (Lipinski definition) is 0. The highest BCUT2D eigenvalue weighted by Crippen LogP contribution is 2.37. The summed E-state index contributed by atoms with van der Waals surface area (Å²) < 4.78 is 11.9. The van der Waals surface area contributed by atoms with Crippen molar-refractivity contribution < 1.29 is 9.47 Å². The topological polar surface area (TPSA) is 50.7 Å². The third-order valence-electron chi connectivity index (χ3n) is 6.08. The van der Waals surface area contributed by atoms with Crippen molar-refractivity contribution in [3.8, 4) is 0 Å². The molecule has 1 aromatic rings. The molecule has 138 valence electrons. The van der Waals surface area contributed by atoms with Gasteiger partial charge in [0, 0.05) is 52.2 Å². The number of likely N-dealkylation sites (tertiary alicyclic amines) is 1. The molecule has 0 aromatic carbocycles. The summed E-state index contributed by atoms with van der Waals surface area (Å²) in [6, 6.07) is 2.23. The summed E-state index contributed by atoms with van der Waals surface area (Å²) in [5.41, 5.74) is 0.0249. The summed E-state index contributed by atoms with van der Waals surface area (Å²) in [5.74, 6) is 1.59. The van der Waals surface area contributed by atoms with Crippen molar-refractivity contribution in [1.29, 1.82) is 0 Å². The molecule has 3 fully saturated rings. The number of anilines is 1. The van der Waals surface area contributed by atoms with Gasteiger partial charge in [0.1, 0.15) is 0 Å². The maximum atomic E-state index is 6.39. The average Bonchev–Trinajstić information content (AvgIpc) is 3.06. The van der Waals surface area contributed by atoms with Crippen molar-refractivity contribution in [3.63, 3.8) is 0 Å². The number of likely N-dealkylation sites (N-methyl/N-ethyl adjacent to an activating group) is 1. The minimum absolute atomic E-state index is 0.0249. The van der Waals surface area contributed by atoms with Crippen molar-refractivity contribution in [2.24, 2.45) is 5.92 Å². The number of nitrogens with zero attached hydrogens (tertiary/aromatic N) is 4. The smallest absolute Gasteiger partial charge is 0.225 e. The van der Waals surface area contributed by atoms with Crippen molar-refractivity contribution in [1.82, 2.24) is 14.9 Å². The van der Waals surface area contributed by atoms with Crippen LogP contribution in [0.2, 0.25) is 0 Å². The largest absolute Gasteiger partial charge is 0.381 e. The second-order valence-electron chi connectivity index (χ2n) is 7.91. The molecular formula is C19H30N4O2. The summed E-state index contributed by atoms with van der Waals surface area (Å²) in [7, 11) is 2.09. The van der Waals surface area contributed by atoms with Gasteiger partial charge in [-0.05, 0) is 44.2 Å². The minimum atomic E-state index is 0.0249.